The third-order valence-electron chi connectivity index (χ3n) is 4.51. The highest BCUT2D eigenvalue weighted by atomic mass is 32.2. The highest BCUT2D eigenvalue weighted by molar-refractivity contribution is 8.18. The van der Waals surface area contributed by atoms with Crippen molar-refractivity contribution in [3.05, 3.63) is 64.3 Å². The number of nitrogens with zero attached hydrogens (tertiary/aromatic N) is 1. The lowest BCUT2D eigenvalue weighted by atomic mass is 10.1. The van der Waals surface area contributed by atoms with Crippen LogP contribution in [0.15, 0.2) is 63.7 Å². The molecular weight excluding hydrogens is 462 g/mol. The van der Waals surface area contributed by atoms with Gasteiger partial charge in [-0.3, -0.25) is 0 Å². The Morgan fingerprint density at radius 1 is 1.06 bits per heavy atom. The number of aliphatic hydroxyl groups excluding tert-OH is 1. The molecule has 0 unspecified atom stereocenters. The van der Waals surface area contributed by atoms with E-state index in [-0.39, 0.29) is 23.7 Å². The molecule has 34 heavy (non-hydrogen) atoms. The van der Waals surface area contributed by atoms with Crippen LogP contribution in [0.5, 0.6) is 17.2 Å². The Morgan fingerprint density at radius 3 is 2.41 bits per heavy atom. The van der Waals surface area contributed by atoms with Crippen LogP contribution in [0.4, 0.5) is 5.69 Å². The molecule has 2 aromatic rings. The van der Waals surface area contributed by atoms with Crippen molar-refractivity contribution >= 4 is 40.5 Å². The normalized spacial score (nSPS) is 15.5. The zero-order chi connectivity index (χ0) is 24.7. The van der Waals surface area contributed by atoms with Crippen molar-refractivity contribution in [3.63, 3.8) is 0 Å². The van der Waals surface area contributed by atoms with E-state index in [1.807, 2.05) is 0 Å². The molecule has 9 nitrogen and oxygen atoms in total. The minimum absolute atomic E-state index is 0.0257. The highest BCUT2D eigenvalue weighted by Crippen LogP contribution is 2.41. The van der Waals surface area contributed by atoms with E-state index >= 15 is 0 Å². The van der Waals surface area contributed by atoms with Crippen LogP contribution in [0, 0.1) is 0 Å². The van der Waals surface area contributed by atoms with Gasteiger partial charge in [-0.25, -0.2) is 14.6 Å². The summed E-state index contributed by atoms with van der Waals surface area (Å²) < 4.78 is 20.8. The Balaban J connectivity index is 1.97. The summed E-state index contributed by atoms with van der Waals surface area (Å²) in [6.45, 7) is 1.31. The smallest absolute Gasteiger partial charge is 0.344 e. The van der Waals surface area contributed by atoms with Gasteiger partial charge in [0.15, 0.2) is 18.1 Å². The van der Waals surface area contributed by atoms with Crippen LogP contribution >= 0.6 is 11.8 Å². The zero-order valence-corrected chi connectivity index (χ0v) is 19.5. The van der Waals surface area contributed by atoms with Crippen LogP contribution in [0.2, 0.25) is 0 Å². The number of aliphatic imine (C=N–C) groups is 1. The molecule has 1 aliphatic heterocycles. The van der Waals surface area contributed by atoms with E-state index in [0.717, 1.165) is 11.8 Å². The Bertz CT molecular complexity index is 1170. The fraction of sp³-hybridized carbons (Fsp3) is 0.208. The van der Waals surface area contributed by atoms with Crippen LogP contribution in [-0.4, -0.2) is 54.6 Å². The van der Waals surface area contributed by atoms with Crippen LogP contribution in [0.3, 0.4) is 0 Å². The maximum atomic E-state index is 12.6. The molecule has 0 aliphatic carbocycles. The second-order valence-corrected chi connectivity index (χ2v) is 7.79. The minimum atomic E-state index is -1.11. The van der Waals surface area contributed by atoms with E-state index in [1.54, 1.807) is 62.6 Å². The van der Waals surface area contributed by atoms with Crippen molar-refractivity contribution < 1.29 is 38.7 Å². The monoisotopic (exact) mass is 485 g/mol. The molecule has 0 bridgehead atoms. The standard InChI is InChI=1S/C24H23NO8S/c1-4-32-24(29)21-22(28)19(34-23(21)25-15-6-8-16(30-2)9-7-15)12-14-5-10-17(18(11-14)31-3)33-13-20(26)27/h5-12,28H,4,13H2,1-3H3,(H,26,27)/b19-12+,25-23?. The van der Waals surface area contributed by atoms with E-state index in [2.05, 4.69) is 4.99 Å². The van der Waals surface area contributed by atoms with Gasteiger partial charge < -0.3 is 29.2 Å². The molecule has 10 heteroatoms. The van der Waals surface area contributed by atoms with Gasteiger partial charge in [0, 0.05) is 0 Å². The number of ether oxygens (including phenoxy) is 4. The van der Waals surface area contributed by atoms with E-state index in [1.165, 1.54) is 7.11 Å². The first kappa shape index (κ1) is 24.7. The van der Waals surface area contributed by atoms with E-state index in [0.29, 0.717) is 32.7 Å². The number of esters is 1. The Kier molecular flexibility index (Phi) is 8.20. The third kappa shape index (κ3) is 5.90. The van der Waals surface area contributed by atoms with Crippen molar-refractivity contribution in [3.8, 4) is 17.2 Å². The number of hydrogen-bond donors (Lipinski definition) is 2. The maximum absolute atomic E-state index is 12.6. The minimum Gasteiger partial charge on any atom is -0.506 e. The number of aliphatic hydroxyl groups is 1. The lowest BCUT2D eigenvalue weighted by Gasteiger charge is -2.10. The number of rotatable bonds is 9. The van der Waals surface area contributed by atoms with Crippen LogP contribution < -0.4 is 14.2 Å². The number of methoxy groups -OCH3 is 2. The molecule has 1 aliphatic rings. The summed E-state index contributed by atoms with van der Waals surface area (Å²) in [5.41, 5.74) is 1.17. The molecule has 0 saturated carbocycles. The highest BCUT2D eigenvalue weighted by Gasteiger charge is 2.33. The number of carbonyl (C=O) groups excluding carboxylic acids is 1. The molecule has 0 radical (unpaired) electrons. The fourth-order valence-corrected chi connectivity index (χ4v) is 3.99. The van der Waals surface area contributed by atoms with Crippen molar-refractivity contribution in [1.82, 2.24) is 0 Å². The summed E-state index contributed by atoms with van der Waals surface area (Å²) in [6, 6.07) is 11.8. The Morgan fingerprint density at radius 2 is 1.79 bits per heavy atom. The fourth-order valence-electron chi connectivity index (χ4n) is 2.95. The predicted octanol–water partition coefficient (Wildman–Crippen LogP) is 4.36. The van der Waals surface area contributed by atoms with Crippen molar-refractivity contribution in [2.24, 2.45) is 4.99 Å². The molecule has 0 atom stereocenters. The number of carbonyl (C=O) groups is 2. The first-order valence-corrected chi connectivity index (χ1v) is 10.9. The number of carboxylic acids is 1. The van der Waals surface area contributed by atoms with Gasteiger partial charge in [-0.15, -0.1) is 0 Å². The largest absolute Gasteiger partial charge is 0.506 e. The Hall–Kier alpha value is -3.92. The molecular formula is C24H23NO8S. The lowest BCUT2D eigenvalue weighted by molar-refractivity contribution is -0.139. The van der Waals surface area contributed by atoms with Gasteiger partial charge >= 0.3 is 11.9 Å². The van der Waals surface area contributed by atoms with E-state index in [9.17, 15) is 14.7 Å². The third-order valence-corrected chi connectivity index (χ3v) is 5.53. The molecule has 1 heterocycles. The quantitative estimate of drug-likeness (QED) is 0.499. The average Bonchev–Trinajstić information content (AvgIpc) is 3.12. The summed E-state index contributed by atoms with van der Waals surface area (Å²) in [7, 11) is 2.99. The molecule has 2 N–H and O–H groups in total. The molecule has 178 valence electrons. The number of carboxylic acid groups (broad SMARTS) is 1. The molecule has 0 aromatic heterocycles. The zero-order valence-electron chi connectivity index (χ0n) is 18.7. The second-order valence-electron chi connectivity index (χ2n) is 6.76. The summed E-state index contributed by atoms with van der Waals surface area (Å²) in [4.78, 5) is 28.2. The first-order valence-electron chi connectivity index (χ1n) is 10.1. The second kappa shape index (κ2) is 11.3. The van der Waals surface area contributed by atoms with Crippen molar-refractivity contribution in [2.75, 3.05) is 27.4 Å². The molecule has 0 fully saturated rings. The summed E-state index contributed by atoms with van der Waals surface area (Å²) >= 11 is 1.12. The molecule has 3 rings (SSSR count). The van der Waals surface area contributed by atoms with Gasteiger partial charge in [0.05, 0.1) is 31.4 Å². The number of hydrogen-bond acceptors (Lipinski definition) is 9. The predicted molar refractivity (Wildman–Crippen MR) is 128 cm³/mol. The van der Waals surface area contributed by atoms with Crippen LogP contribution in [-0.2, 0) is 14.3 Å². The van der Waals surface area contributed by atoms with E-state index < -0.39 is 18.5 Å². The topological polar surface area (TPSA) is 124 Å². The van der Waals surface area contributed by atoms with Crippen molar-refractivity contribution in [1.29, 1.82) is 0 Å². The number of aliphatic carboxylic acids is 1. The van der Waals surface area contributed by atoms with Gasteiger partial charge in [-0.05, 0) is 55.0 Å². The average molecular weight is 486 g/mol. The summed E-state index contributed by atoms with van der Waals surface area (Å²) in [5, 5.41) is 19.9. The van der Waals surface area contributed by atoms with Gasteiger partial charge in [0.2, 0.25) is 0 Å². The Labute approximate surface area is 200 Å². The van der Waals surface area contributed by atoms with E-state index in [4.69, 9.17) is 24.1 Å². The molecule has 0 spiro atoms. The maximum Gasteiger partial charge on any atom is 0.344 e. The summed E-state index contributed by atoms with van der Waals surface area (Å²) in [6.07, 6.45) is 1.65. The SMILES string of the molecule is CCOC(=O)C1=C(O)/C(=C\c2ccc(OCC(=O)O)c(OC)c2)SC1=Nc1ccc(OC)cc1. The van der Waals surface area contributed by atoms with Crippen LogP contribution in [0.1, 0.15) is 12.5 Å². The summed E-state index contributed by atoms with van der Waals surface area (Å²) in [5.74, 6) is -0.795. The molecule has 2 aromatic carbocycles. The molecule has 0 saturated heterocycles. The lowest BCUT2D eigenvalue weighted by Crippen LogP contribution is -2.12. The van der Waals surface area contributed by atoms with Gasteiger partial charge in [-0.2, -0.15) is 0 Å². The number of benzene rings is 2. The van der Waals surface area contributed by atoms with Gasteiger partial charge in [-0.1, -0.05) is 17.8 Å². The van der Waals surface area contributed by atoms with Crippen LogP contribution in [0.25, 0.3) is 6.08 Å². The molecule has 0 amide bonds. The first-order chi connectivity index (χ1) is 16.4. The van der Waals surface area contributed by atoms with Crippen molar-refractivity contribution in [2.45, 2.75) is 6.92 Å². The van der Waals surface area contributed by atoms with Gasteiger partial charge in [0.1, 0.15) is 22.1 Å². The number of thioether (sulfide) groups is 1. The van der Waals surface area contributed by atoms with Gasteiger partial charge in [0.25, 0.3) is 0 Å².